The van der Waals surface area contributed by atoms with Gasteiger partial charge in [-0.25, -0.2) is 4.79 Å². The molecule has 1 fully saturated rings. The monoisotopic (exact) mass is 505 g/mol. The van der Waals surface area contributed by atoms with Crippen molar-refractivity contribution in [3.05, 3.63) is 39.9 Å². The van der Waals surface area contributed by atoms with Gasteiger partial charge in [0.2, 0.25) is 0 Å². The van der Waals surface area contributed by atoms with Gasteiger partial charge in [0.1, 0.15) is 5.60 Å². The molecule has 9 nitrogen and oxygen atoms in total. The Hall–Kier alpha value is -2.11. The van der Waals surface area contributed by atoms with Crippen molar-refractivity contribution in [1.29, 1.82) is 0 Å². The van der Waals surface area contributed by atoms with E-state index in [1.54, 1.807) is 25.2 Å². The van der Waals surface area contributed by atoms with Crippen LogP contribution in [0.2, 0.25) is 0 Å². The van der Waals surface area contributed by atoms with Crippen LogP contribution in [-0.2, 0) is 11.3 Å². The zero-order valence-electron chi connectivity index (χ0n) is 16.6. The molecule has 1 heterocycles. The van der Waals surface area contributed by atoms with E-state index in [0.29, 0.717) is 24.6 Å². The van der Waals surface area contributed by atoms with E-state index in [9.17, 15) is 14.9 Å². The summed E-state index contributed by atoms with van der Waals surface area (Å²) in [5.74, 6) is 0.640. The van der Waals surface area contributed by atoms with Crippen molar-refractivity contribution in [2.75, 3.05) is 20.1 Å². The number of guanidine groups is 1. The number of nitrogens with one attached hydrogen (secondary N) is 2. The number of rotatable bonds is 4. The number of hydrogen-bond acceptors (Lipinski definition) is 5. The number of carbonyl (C=O) groups is 1. The molecule has 1 aliphatic rings. The normalized spacial score (nSPS) is 16.9. The summed E-state index contributed by atoms with van der Waals surface area (Å²) in [6, 6.07) is 6.57. The Morgan fingerprint density at radius 3 is 2.68 bits per heavy atom. The van der Waals surface area contributed by atoms with Crippen LogP contribution >= 0.6 is 24.0 Å². The first kappa shape index (κ1) is 23.9. The number of alkyl carbamates (subject to hydrolysis) is 1. The predicted octanol–water partition coefficient (Wildman–Crippen LogP) is 2.89. The Kier molecular flexibility index (Phi) is 8.92. The van der Waals surface area contributed by atoms with Gasteiger partial charge in [0.25, 0.3) is 5.69 Å². The molecule has 0 saturated carbocycles. The highest BCUT2D eigenvalue weighted by Gasteiger charge is 2.28. The van der Waals surface area contributed by atoms with Crippen LogP contribution in [0.3, 0.4) is 0 Å². The highest BCUT2D eigenvalue weighted by atomic mass is 127. The van der Waals surface area contributed by atoms with Crippen LogP contribution in [-0.4, -0.2) is 53.7 Å². The number of nitrogens with zero attached hydrogens (tertiary/aromatic N) is 3. The number of nitro groups is 1. The molecule has 10 heteroatoms. The lowest BCUT2D eigenvalue weighted by Crippen LogP contribution is -2.44. The number of aliphatic imine (C=N–C) groups is 1. The molecule has 0 spiro atoms. The van der Waals surface area contributed by atoms with E-state index in [1.807, 2.05) is 25.7 Å². The summed E-state index contributed by atoms with van der Waals surface area (Å²) in [6.07, 6.45) is 0.336. The maximum absolute atomic E-state index is 11.9. The fraction of sp³-hybridized carbons (Fsp3) is 0.556. The minimum atomic E-state index is -0.537. The van der Waals surface area contributed by atoms with Crippen molar-refractivity contribution < 1.29 is 14.5 Å². The van der Waals surface area contributed by atoms with Crippen molar-refractivity contribution in [2.24, 2.45) is 4.99 Å². The van der Waals surface area contributed by atoms with Crippen LogP contribution in [0, 0.1) is 10.1 Å². The molecule has 0 radical (unpaired) electrons. The van der Waals surface area contributed by atoms with Crippen molar-refractivity contribution in [2.45, 2.75) is 45.4 Å². The highest BCUT2D eigenvalue weighted by Crippen LogP contribution is 2.18. The third-order valence-electron chi connectivity index (χ3n) is 4.05. The maximum atomic E-state index is 11.9. The second-order valence-electron chi connectivity index (χ2n) is 7.36. The standard InChI is InChI=1S/C18H27N5O4.HI/c1-18(2,3)27-17(24)21-14-9-10-22(12-14)16(19-4)20-11-13-7-5-6-8-15(13)23(25)26;/h5-8,14H,9-12H2,1-4H3,(H,19,20)(H,21,24);1H. The van der Waals surface area contributed by atoms with Crippen LogP contribution in [0.1, 0.15) is 32.8 Å². The molecule has 0 bridgehead atoms. The summed E-state index contributed by atoms with van der Waals surface area (Å²) in [6.45, 7) is 7.07. The Morgan fingerprint density at radius 1 is 1.39 bits per heavy atom. The zero-order chi connectivity index (χ0) is 20.0. The molecular formula is C18H28IN5O4. The van der Waals surface area contributed by atoms with E-state index >= 15 is 0 Å². The van der Waals surface area contributed by atoms with Crippen LogP contribution in [0.25, 0.3) is 0 Å². The van der Waals surface area contributed by atoms with E-state index in [-0.39, 0.29) is 35.7 Å². The lowest BCUT2D eigenvalue weighted by atomic mass is 10.2. The van der Waals surface area contributed by atoms with Gasteiger partial charge in [0.05, 0.1) is 11.0 Å². The molecule has 1 aromatic carbocycles. The first-order valence-electron chi connectivity index (χ1n) is 8.87. The smallest absolute Gasteiger partial charge is 0.407 e. The molecule has 1 atom stereocenters. The largest absolute Gasteiger partial charge is 0.444 e. The third kappa shape index (κ3) is 7.13. The van der Waals surface area contributed by atoms with E-state index in [1.165, 1.54) is 6.07 Å². The van der Waals surface area contributed by atoms with Crippen molar-refractivity contribution in [1.82, 2.24) is 15.5 Å². The molecule has 1 saturated heterocycles. The molecule has 156 valence electrons. The first-order valence-corrected chi connectivity index (χ1v) is 8.87. The quantitative estimate of drug-likeness (QED) is 0.214. The summed E-state index contributed by atoms with van der Waals surface area (Å²) in [7, 11) is 1.66. The highest BCUT2D eigenvalue weighted by molar-refractivity contribution is 14.0. The zero-order valence-corrected chi connectivity index (χ0v) is 18.9. The van der Waals surface area contributed by atoms with Gasteiger partial charge >= 0.3 is 6.09 Å². The number of likely N-dealkylation sites (tertiary alicyclic amines) is 1. The maximum Gasteiger partial charge on any atom is 0.407 e. The fourth-order valence-corrected chi connectivity index (χ4v) is 2.89. The lowest BCUT2D eigenvalue weighted by Gasteiger charge is -2.23. The number of carbonyl (C=O) groups excluding carboxylic acids is 1. The number of para-hydroxylation sites is 1. The average Bonchev–Trinajstić information content (AvgIpc) is 3.02. The van der Waals surface area contributed by atoms with Crippen molar-refractivity contribution in [3.8, 4) is 0 Å². The van der Waals surface area contributed by atoms with Gasteiger partial charge < -0.3 is 20.3 Å². The molecular weight excluding hydrogens is 477 g/mol. The molecule has 2 N–H and O–H groups in total. The molecule has 1 aliphatic heterocycles. The first-order chi connectivity index (χ1) is 12.7. The number of nitro benzene ring substituents is 1. The summed E-state index contributed by atoms with van der Waals surface area (Å²) in [5.41, 5.74) is 0.127. The van der Waals surface area contributed by atoms with E-state index < -0.39 is 16.6 Å². The van der Waals surface area contributed by atoms with Gasteiger partial charge in [-0.3, -0.25) is 15.1 Å². The molecule has 2 rings (SSSR count). The lowest BCUT2D eigenvalue weighted by molar-refractivity contribution is -0.385. The third-order valence-corrected chi connectivity index (χ3v) is 4.05. The number of amides is 1. The summed E-state index contributed by atoms with van der Waals surface area (Å²) in [5, 5.41) is 17.2. The number of hydrogen-bond donors (Lipinski definition) is 2. The van der Waals surface area contributed by atoms with Gasteiger partial charge in [-0.1, -0.05) is 18.2 Å². The molecule has 0 aromatic heterocycles. The van der Waals surface area contributed by atoms with E-state index in [0.717, 1.165) is 13.0 Å². The van der Waals surface area contributed by atoms with Crippen LogP contribution in [0.15, 0.2) is 29.3 Å². The van der Waals surface area contributed by atoms with E-state index in [2.05, 4.69) is 15.6 Å². The second-order valence-corrected chi connectivity index (χ2v) is 7.36. The molecule has 0 aliphatic carbocycles. The second kappa shape index (κ2) is 10.4. The van der Waals surface area contributed by atoms with E-state index in [4.69, 9.17) is 4.74 Å². The van der Waals surface area contributed by atoms with Gasteiger partial charge in [-0.05, 0) is 27.2 Å². The van der Waals surface area contributed by atoms with Gasteiger partial charge in [0.15, 0.2) is 5.96 Å². The molecule has 1 unspecified atom stereocenters. The minimum absolute atomic E-state index is 0. The van der Waals surface area contributed by atoms with Gasteiger partial charge in [0, 0.05) is 38.3 Å². The number of ether oxygens (including phenoxy) is 1. The Bertz CT molecular complexity index is 720. The molecule has 1 amide bonds. The van der Waals surface area contributed by atoms with Crippen molar-refractivity contribution >= 4 is 41.7 Å². The molecule has 28 heavy (non-hydrogen) atoms. The van der Waals surface area contributed by atoms with Crippen LogP contribution in [0.4, 0.5) is 10.5 Å². The summed E-state index contributed by atoms with van der Waals surface area (Å²) >= 11 is 0. The SMILES string of the molecule is CN=C(NCc1ccccc1[N+](=O)[O-])N1CCC(NC(=O)OC(C)(C)C)C1.I. The molecule has 1 aromatic rings. The Labute approximate surface area is 182 Å². The topological polar surface area (TPSA) is 109 Å². The average molecular weight is 505 g/mol. The van der Waals surface area contributed by atoms with Crippen LogP contribution in [0.5, 0.6) is 0 Å². The number of halogens is 1. The minimum Gasteiger partial charge on any atom is -0.444 e. The van der Waals surface area contributed by atoms with Gasteiger partial charge in [-0.15, -0.1) is 24.0 Å². The van der Waals surface area contributed by atoms with Gasteiger partial charge in [-0.2, -0.15) is 0 Å². The summed E-state index contributed by atoms with van der Waals surface area (Å²) in [4.78, 5) is 28.9. The Morgan fingerprint density at radius 2 is 2.07 bits per heavy atom. The Balaban J connectivity index is 0.00000392. The summed E-state index contributed by atoms with van der Waals surface area (Å²) < 4.78 is 5.28. The van der Waals surface area contributed by atoms with Crippen molar-refractivity contribution in [3.63, 3.8) is 0 Å². The van der Waals surface area contributed by atoms with Crippen LogP contribution < -0.4 is 10.6 Å². The predicted molar refractivity (Wildman–Crippen MR) is 118 cm³/mol. The fourth-order valence-electron chi connectivity index (χ4n) is 2.89. The number of benzene rings is 1.